The summed E-state index contributed by atoms with van der Waals surface area (Å²) in [5.74, 6) is 3.41. The zero-order valence-electron chi connectivity index (χ0n) is 16.7. The average molecular weight is 389 g/mol. The van der Waals surface area contributed by atoms with Crippen molar-refractivity contribution < 1.29 is 13.6 Å². The van der Waals surface area contributed by atoms with E-state index < -0.39 is 0 Å². The molecule has 0 bridgehead atoms. The van der Waals surface area contributed by atoms with Crippen LogP contribution < -0.4 is 10.1 Å². The van der Waals surface area contributed by atoms with Crippen LogP contribution in [-0.2, 0) is 6.54 Å². The number of benzene rings is 2. The van der Waals surface area contributed by atoms with Crippen LogP contribution in [0.3, 0.4) is 0 Å². The minimum absolute atomic E-state index is 0.0182. The molecule has 0 saturated carbocycles. The van der Waals surface area contributed by atoms with Crippen molar-refractivity contribution in [2.75, 3.05) is 7.11 Å². The summed E-state index contributed by atoms with van der Waals surface area (Å²) >= 11 is 0. The van der Waals surface area contributed by atoms with Crippen molar-refractivity contribution in [1.29, 1.82) is 0 Å². The Bertz CT molecular complexity index is 1070. The second kappa shape index (κ2) is 8.32. The molecular formula is C23H23N3O3. The number of nitrogens with one attached hydrogen (secondary N) is 1. The van der Waals surface area contributed by atoms with Crippen molar-refractivity contribution in [3.05, 3.63) is 89.2 Å². The molecular weight excluding hydrogens is 366 g/mol. The zero-order chi connectivity index (χ0) is 20.2. The molecule has 0 aliphatic carbocycles. The standard InChI is InChI=1S/C23H23N3O3/c1-15-13-20(16(2)28-15)23-26-25-21(29-23)14-24-22(17-7-5-4-6-8-17)18-9-11-19(27-3)12-10-18/h4-13,22,24H,14H2,1-3H3/t22-/m1/s1. The third kappa shape index (κ3) is 4.22. The molecule has 6 nitrogen and oxygen atoms in total. The van der Waals surface area contributed by atoms with Gasteiger partial charge in [0.05, 0.1) is 25.3 Å². The predicted molar refractivity (Wildman–Crippen MR) is 110 cm³/mol. The second-order valence-electron chi connectivity index (χ2n) is 6.83. The Hall–Kier alpha value is -3.38. The average Bonchev–Trinajstić information content (AvgIpc) is 3.35. The van der Waals surface area contributed by atoms with Gasteiger partial charge in [-0.25, -0.2) is 0 Å². The lowest BCUT2D eigenvalue weighted by atomic mass is 9.98. The van der Waals surface area contributed by atoms with E-state index in [2.05, 4.69) is 39.8 Å². The van der Waals surface area contributed by atoms with Crippen LogP contribution in [0.1, 0.15) is 34.6 Å². The fourth-order valence-corrected chi connectivity index (χ4v) is 3.34. The summed E-state index contributed by atoms with van der Waals surface area (Å²) in [6.45, 7) is 4.22. The molecule has 2 aromatic carbocycles. The van der Waals surface area contributed by atoms with Gasteiger partial charge in [0.2, 0.25) is 5.89 Å². The fourth-order valence-electron chi connectivity index (χ4n) is 3.34. The van der Waals surface area contributed by atoms with Gasteiger partial charge in [-0.1, -0.05) is 42.5 Å². The summed E-state index contributed by atoms with van der Waals surface area (Å²) in [4.78, 5) is 0. The quantitative estimate of drug-likeness (QED) is 0.488. The van der Waals surface area contributed by atoms with Crippen LogP contribution in [0.25, 0.3) is 11.5 Å². The highest BCUT2D eigenvalue weighted by atomic mass is 16.5. The molecule has 0 aliphatic rings. The van der Waals surface area contributed by atoms with E-state index >= 15 is 0 Å². The van der Waals surface area contributed by atoms with Crippen LogP contribution in [0.15, 0.2) is 69.5 Å². The van der Waals surface area contributed by atoms with E-state index in [4.69, 9.17) is 13.6 Å². The third-order valence-corrected chi connectivity index (χ3v) is 4.78. The lowest BCUT2D eigenvalue weighted by Gasteiger charge is -2.19. The largest absolute Gasteiger partial charge is 0.497 e. The van der Waals surface area contributed by atoms with E-state index in [-0.39, 0.29) is 6.04 Å². The van der Waals surface area contributed by atoms with Gasteiger partial charge in [0.15, 0.2) is 0 Å². The highest BCUT2D eigenvalue weighted by Gasteiger charge is 2.17. The van der Waals surface area contributed by atoms with Crippen molar-refractivity contribution in [2.45, 2.75) is 26.4 Å². The number of rotatable bonds is 7. The first kappa shape index (κ1) is 19.0. The van der Waals surface area contributed by atoms with Crippen LogP contribution >= 0.6 is 0 Å². The topological polar surface area (TPSA) is 73.3 Å². The van der Waals surface area contributed by atoms with Gasteiger partial charge in [0, 0.05) is 0 Å². The summed E-state index contributed by atoms with van der Waals surface area (Å²) in [5, 5.41) is 11.9. The number of aryl methyl sites for hydroxylation is 2. The molecule has 0 unspecified atom stereocenters. The monoisotopic (exact) mass is 389 g/mol. The van der Waals surface area contributed by atoms with E-state index in [0.29, 0.717) is 18.3 Å². The minimum atomic E-state index is -0.0182. The van der Waals surface area contributed by atoms with Gasteiger partial charge < -0.3 is 13.6 Å². The van der Waals surface area contributed by atoms with Crippen molar-refractivity contribution in [3.8, 4) is 17.2 Å². The molecule has 0 aliphatic heterocycles. The van der Waals surface area contributed by atoms with Crippen molar-refractivity contribution in [1.82, 2.24) is 15.5 Å². The van der Waals surface area contributed by atoms with Gasteiger partial charge in [-0.05, 0) is 43.2 Å². The van der Waals surface area contributed by atoms with Crippen LogP contribution in [0, 0.1) is 13.8 Å². The Balaban J connectivity index is 1.55. The maximum absolute atomic E-state index is 5.86. The molecule has 1 atom stereocenters. The van der Waals surface area contributed by atoms with E-state index in [0.717, 1.165) is 34.0 Å². The van der Waals surface area contributed by atoms with Crippen LogP contribution in [0.4, 0.5) is 0 Å². The van der Waals surface area contributed by atoms with Crippen LogP contribution in [0.5, 0.6) is 5.75 Å². The maximum atomic E-state index is 5.86. The van der Waals surface area contributed by atoms with Crippen molar-refractivity contribution in [2.24, 2.45) is 0 Å². The smallest absolute Gasteiger partial charge is 0.251 e. The Morgan fingerprint density at radius 3 is 2.31 bits per heavy atom. The predicted octanol–water partition coefficient (Wildman–Crippen LogP) is 4.83. The van der Waals surface area contributed by atoms with Gasteiger partial charge in [0.1, 0.15) is 17.3 Å². The highest BCUT2D eigenvalue weighted by Crippen LogP contribution is 2.27. The SMILES string of the molecule is COc1ccc([C@H](NCc2nnc(-c3cc(C)oc3C)o2)c2ccccc2)cc1. The number of aromatic nitrogens is 2. The minimum Gasteiger partial charge on any atom is -0.497 e. The lowest BCUT2D eigenvalue weighted by molar-refractivity contribution is 0.414. The summed E-state index contributed by atoms with van der Waals surface area (Å²) in [7, 11) is 1.67. The Morgan fingerprint density at radius 2 is 1.66 bits per heavy atom. The molecule has 4 aromatic rings. The van der Waals surface area contributed by atoms with Crippen molar-refractivity contribution >= 4 is 0 Å². The van der Waals surface area contributed by atoms with Gasteiger partial charge in [0.25, 0.3) is 5.89 Å². The van der Waals surface area contributed by atoms with Crippen molar-refractivity contribution in [3.63, 3.8) is 0 Å². The normalized spacial score (nSPS) is 12.1. The van der Waals surface area contributed by atoms with Gasteiger partial charge >= 0.3 is 0 Å². The molecule has 0 amide bonds. The molecule has 148 valence electrons. The molecule has 2 heterocycles. The molecule has 6 heteroatoms. The van der Waals surface area contributed by atoms with Gasteiger partial charge in [-0.2, -0.15) is 0 Å². The number of hydrogen-bond donors (Lipinski definition) is 1. The zero-order valence-corrected chi connectivity index (χ0v) is 16.7. The Labute approximate surface area is 169 Å². The van der Waals surface area contributed by atoms with Gasteiger partial charge in [-0.3, -0.25) is 5.32 Å². The number of methoxy groups -OCH3 is 1. The molecule has 0 fully saturated rings. The van der Waals surface area contributed by atoms with Gasteiger partial charge in [-0.15, -0.1) is 10.2 Å². The molecule has 4 rings (SSSR count). The third-order valence-electron chi connectivity index (χ3n) is 4.78. The summed E-state index contributed by atoms with van der Waals surface area (Å²) < 4.78 is 16.7. The maximum Gasteiger partial charge on any atom is 0.251 e. The molecule has 0 spiro atoms. The number of ether oxygens (including phenoxy) is 1. The first-order valence-electron chi connectivity index (χ1n) is 9.46. The Kier molecular flexibility index (Phi) is 5.44. The number of nitrogens with zero attached hydrogens (tertiary/aromatic N) is 2. The number of furan rings is 1. The molecule has 1 N–H and O–H groups in total. The fraction of sp³-hybridized carbons (Fsp3) is 0.217. The number of hydrogen-bond acceptors (Lipinski definition) is 6. The lowest BCUT2D eigenvalue weighted by Crippen LogP contribution is -2.22. The highest BCUT2D eigenvalue weighted by molar-refractivity contribution is 5.55. The van der Waals surface area contributed by atoms with E-state index in [1.165, 1.54) is 0 Å². The molecule has 29 heavy (non-hydrogen) atoms. The molecule has 0 radical (unpaired) electrons. The summed E-state index contributed by atoms with van der Waals surface area (Å²) in [5.41, 5.74) is 3.10. The van der Waals surface area contributed by atoms with E-state index in [1.54, 1.807) is 7.11 Å². The first-order valence-corrected chi connectivity index (χ1v) is 9.46. The molecule has 2 aromatic heterocycles. The Morgan fingerprint density at radius 1 is 0.931 bits per heavy atom. The second-order valence-corrected chi connectivity index (χ2v) is 6.83. The van der Waals surface area contributed by atoms with Crippen LogP contribution in [-0.4, -0.2) is 17.3 Å². The van der Waals surface area contributed by atoms with E-state index in [1.807, 2.05) is 50.2 Å². The summed E-state index contributed by atoms with van der Waals surface area (Å²) in [6, 6.07) is 20.2. The first-order chi connectivity index (χ1) is 14.1. The van der Waals surface area contributed by atoms with E-state index in [9.17, 15) is 0 Å². The molecule has 0 saturated heterocycles. The summed E-state index contributed by atoms with van der Waals surface area (Å²) in [6.07, 6.45) is 0. The van der Waals surface area contributed by atoms with Crippen LogP contribution in [0.2, 0.25) is 0 Å².